The second kappa shape index (κ2) is 9.42. The molecule has 1 amide bonds. The van der Waals surface area contributed by atoms with Gasteiger partial charge in [0.2, 0.25) is 5.91 Å². The molecule has 0 aliphatic carbocycles. The number of carbonyl (C=O) groups excluding carboxylic acids is 1. The molecule has 10 heteroatoms. The molecule has 4 heterocycles. The van der Waals surface area contributed by atoms with E-state index in [4.69, 9.17) is 8.83 Å². The number of nitrogens with zero attached hydrogens (tertiary/aromatic N) is 2. The normalized spacial score (nSPS) is 12.1. The van der Waals surface area contributed by atoms with E-state index in [2.05, 4.69) is 36.2 Å². The zero-order valence-corrected chi connectivity index (χ0v) is 20.5. The molecule has 1 atom stereocenters. The lowest BCUT2D eigenvalue weighted by Gasteiger charge is -2.08. The van der Waals surface area contributed by atoms with Gasteiger partial charge in [-0.2, -0.15) is 0 Å². The van der Waals surface area contributed by atoms with Crippen molar-refractivity contribution >= 4 is 50.1 Å². The number of nitrogens with one attached hydrogen (secondary N) is 2. The van der Waals surface area contributed by atoms with Crippen LogP contribution in [0.15, 0.2) is 84.9 Å². The summed E-state index contributed by atoms with van der Waals surface area (Å²) in [5.74, 6) is 1.10. The number of halogens is 1. The molecule has 166 valence electrons. The maximum atomic E-state index is 12.8. The number of furan rings is 2. The van der Waals surface area contributed by atoms with Crippen molar-refractivity contribution in [3.63, 3.8) is 0 Å². The number of amides is 1. The summed E-state index contributed by atoms with van der Waals surface area (Å²) in [5, 5.41) is 5.55. The number of hydrogen-bond donors (Lipinski definition) is 2. The maximum Gasteiger partial charge on any atom is 0.239 e. The van der Waals surface area contributed by atoms with Crippen molar-refractivity contribution in [2.75, 3.05) is 5.32 Å². The van der Waals surface area contributed by atoms with Gasteiger partial charge < -0.3 is 19.1 Å². The summed E-state index contributed by atoms with van der Waals surface area (Å²) in [6.07, 6.45) is 3.19. The number of hydrogen-bond acceptors (Lipinski definition) is 7. The Bertz CT molecular complexity index is 1310. The first-order valence-electron chi connectivity index (χ1n) is 9.93. The molecule has 5 rings (SSSR count). The van der Waals surface area contributed by atoms with Crippen LogP contribution in [0.2, 0.25) is 0 Å². The van der Waals surface area contributed by atoms with E-state index in [1.165, 1.54) is 23.1 Å². The fourth-order valence-corrected chi connectivity index (χ4v) is 4.90. The minimum atomic E-state index is -0.412. The van der Waals surface area contributed by atoms with Gasteiger partial charge in [-0.15, -0.1) is 11.3 Å². The molecule has 0 aliphatic heterocycles. The first-order chi connectivity index (χ1) is 16.1. The second-order valence-electron chi connectivity index (χ2n) is 7.01. The lowest BCUT2D eigenvalue weighted by atomic mass is 10.2. The number of anilines is 1. The van der Waals surface area contributed by atoms with E-state index < -0.39 is 5.25 Å². The largest absolute Gasteiger partial charge is 0.463 e. The van der Waals surface area contributed by atoms with Crippen LogP contribution in [-0.2, 0) is 4.79 Å². The predicted molar refractivity (Wildman–Crippen MR) is 133 cm³/mol. The summed E-state index contributed by atoms with van der Waals surface area (Å²) in [7, 11) is 0. The van der Waals surface area contributed by atoms with Crippen LogP contribution in [-0.4, -0.2) is 26.1 Å². The van der Waals surface area contributed by atoms with Crippen LogP contribution >= 0.6 is 39.0 Å². The van der Waals surface area contributed by atoms with Crippen LogP contribution in [0.3, 0.4) is 0 Å². The van der Waals surface area contributed by atoms with Crippen LogP contribution < -0.4 is 5.32 Å². The average molecular weight is 541 g/mol. The molecule has 5 aromatic rings. The molecule has 0 saturated heterocycles. The van der Waals surface area contributed by atoms with Crippen LogP contribution in [0.5, 0.6) is 0 Å². The van der Waals surface area contributed by atoms with Gasteiger partial charge >= 0.3 is 0 Å². The third-order valence-corrected chi connectivity index (χ3v) is 7.01. The highest BCUT2D eigenvalue weighted by Crippen LogP contribution is 2.34. The number of thioether (sulfide) groups is 1. The van der Waals surface area contributed by atoms with E-state index in [0.717, 1.165) is 15.7 Å². The minimum absolute atomic E-state index is 0.160. The van der Waals surface area contributed by atoms with Gasteiger partial charge in [-0.25, -0.2) is 9.97 Å². The monoisotopic (exact) mass is 540 g/mol. The van der Waals surface area contributed by atoms with Crippen LogP contribution in [0, 0.1) is 0 Å². The standard InChI is InChI=1S/C23H17BrN4O3S2/c1-13(21(29)28-22-25-16(12-32-22)14-6-8-15(24)9-7-14)33-23-26-19(17-4-2-10-30-17)20(27-23)18-5-3-11-31-18/h2-13H,1H3,(H,26,27)(H,25,28,29). The Kier molecular flexibility index (Phi) is 6.21. The lowest BCUT2D eigenvalue weighted by Crippen LogP contribution is -2.22. The number of rotatable bonds is 7. The Balaban J connectivity index is 1.30. The molecule has 0 spiro atoms. The van der Waals surface area contributed by atoms with Gasteiger partial charge in [0.05, 0.1) is 23.5 Å². The van der Waals surface area contributed by atoms with Crippen molar-refractivity contribution in [2.24, 2.45) is 0 Å². The molecule has 2 N–H and O–H groups in total. The zero-order chi connectivity index (χ0) is 22.8. The molecule has 0 radical (unpaired) electrons. The van der Waals surface area contributed by atoms with Crippen molar-refractivity contribution in [3.8, 4) is 34.2 Å². The number of H-pyrrole nitrogens is 1. The number of benzene rings is 1. The fraction of sp³-hybridized carbons (Fsp3) is 0.0870. The number of thiazole rings is 1. The quantitative estimate of drug-likeness (QED) is 0.217. The van der Waals surface area contributed by atoms with Gasteiger partial charge in [0.15, 0.2) is 21.8 Å². The molecule has 0 saturated carbocycles. The number of aromatic amines is 1. The average Bonchev–Trinajstić information content (AvgIpc) is 3.61. The third kappa shape index (κ3) is 4.82. The zero-order valence-electron chi connectivity index (χ0n) is 17.2. The van der Waals surface area contributed by atoms with Gasteiger partial charge in [0.1, 0.15) is 11.4 Å². The molecule has 0 bridgehead atoms. The summed E-state index contributed by atoms with van der Waals surface area (Å²) < 4.78 is 12.1. The van der Waals surface area contributed by atoms with E-state index in [0.29, 0.717) is 33.2 Å². The van der Waals surface area contributed by atoms with E-state index in [9.17, 15) is 4.79 Å². The number of carbonyl (C=O) groups is 1. The van der Waals surface area contributed by atoms with Crippen molar-refractivity contribution in [2.45, 2.75) is 17.3 Å². The van der Waals surface area contributed by atoms with Crippen molar-refractivity contribution in [3.05, 3.63) is 70.9 Å². The highest BCUT2D eigenvalue weighted by molar-refractivity contribution is 9.10. The van der Waals surface area contributed by atoms with Gasteiger partial charge in [-0.1, -0.05) is 39.8 Å². The van der Waals surface area contributed by atoms with E-state index in [1.54, 1.807) is 18.6 Å². The molecule has 0 fully saturated rings. The SMILES string of the molecule is CC(Sc1nc(-c2ccco2)c(-c2ccco2)[nH]1)C(=O)Nc1nc(-c2ccc(Br)cc2)cs1. The van der Waals surface area contributed by atoms with E-state index >= 15 is 0 Å². The third-order valence-electron chi connectivity index (χ3n) is 4.74. The van der Waals surface area contributed by atoms with Crippen molar-refractivity contribution in [1.82, 2.24) is 15.0 Å². The predicted octanol–water partition coefficient (Wildman–Crippen LogP) is 6.94. The molecular weight excluding hydrogens is 524 g/mol. The minimum Gasteiger partial charge on any atom is -0.463 e. The molecule has 0 aliphatic rings. The number of aromatic nitrogens is 3. The molecule has 1 unspecified atom stereocenters. The first-order valence-corrected chi connectivity index (χ1v) is 12.5. The first kappa shape index (κ1) is 21.7. The maximum absolute atomic E-state index is 12.8. The van der Waals surface area contributed by atoms with Crippen molar-refractivity contribution < 1.29 is 13.6 Å². The van der Waals surface area contributed by atoms with Crippen molar-refractivity contribution in [1.29, 1.82) is 0 Å². The van der Waals surface area contributed by atoms with Crippen LogP contribution in [0.1, 0.15) is 6.92 Å². The summed E-state index contributed by atoms with van der Waals surface area (Å²) in [5.41, 5.74) is 3.14. The van der Waals surface area contributed by atoms with E-state index in [1.807, 2.05) is 54.8 Å². The van der Waals surface area contributed by atoms with Gasteiger partial charge in [-0.3, -0.25) is 4.79 Å². The summed E-state index contributed by atoms with van der Waals surface area (Å²) in [4.78, 5) is 25.2. The summed E-state index contributed by atoms with van der Waals surface area (Å²) in [6, 6.07) is 15.2. The smallest absolute Gasteiger partial charge is 0.239 e. The molecular formula is C23H17BrN4O3S2. The Morgan fingerprint density at radius 2 is 1.82 bits per heavy atom. The topological polar surface area (TPSA) is 97.0 Å². The van der Waals surface area contributed by atoms with Gasteiger partial charge in [0.25, 0.3) is 0 Å². The highest BCUT2D eigenvalue weighted by Gasteiger charge is 2.22. The lowest BCUT2D eigenvalue weighted by molar-refractivity contribution is -0.115. The summed E-state index contributed by atoms with van der Waals surface area (Å²) in [6.45, 7) is 1.82. The Hall–Kier alpha value is -3.08. The molecule has 1 aromatic carbocycles. The second-order valence-corrected chi connectivity index (χ2v) is 10.1. The van der Waals surface area contributed by atoms with E-state index in [-0.39, 0.29) is 5.91 Å². The highest BCUT2D eigenvalue weighted by atomic mass is 79.9. The van der Waals surface area contributed by atoms with Gasteiger partial charge in [0, 0.05) is 15.4 Å². The molecule has 33 heavy (non-hydrogen) atoms. The molecule has 7 nitrogen and oxygen atoms in total. The Morgan fingerprint density at radius 1 is 1.09 bits per heavy atom. The summed E-state index contributed by atoms with van der Waals surface area (Å²) >= 11 is 6.14. The molecule has 4 aromatic heterocycles. The van der Waals surface area contributed by atoms with Crippen LogP contribution in [0.25, 0.3) is 34.2 Å². The number of imidazole rings is 1. The Labute approximate surface area is 205 Å². The Morgan fingerprint density at radius 3 is 2.52 bits per heavy atom. The fourth-order valence-electron chi connectivity index (χ4n) is 3.11. The van der Waals surface area contributed by atoms with Gasteiger partial charge in [-0.05, 0) is 43.3 Å². The van der Waals surface area contributed by atoms with Crippen LogP contribution in [0.4, 0.5) is 5.13 Å².